The van der Waals surface area contributed by atoms with Crippen molar-refractivity contribution in [3.63, 3.8) is 0 Å². The Morgan fingerprint density at radius 1 is 0.955 bits per heavy atom. The summed E-state index contributed by atoms with van der Waals surface area (Å²) in [5, 5.41) is 1.79. The van der Waals surface area contributed by atoms with Crippen LogP contribution in [0.15, 0.2) is 52.9 Å². The molecule has 4 rings (SSSR count). The summed E-state index contributed by atoms with van der Waals surface area (Å²) in [6.45, 7) is 4.13. The molecule has 0 spiro atoms. The van der Waals surface area contributed by atoms with Crippen LogP contribution in [0.1, 0.15) is 11.3 Å². The summed E-state index contributed by atoms with van der Waals surface area (Å²) in [7, 11) is 0. The molecule has 0 amide bonds. The van der Waals surface area contributed by atoms with Gasteiger partial charge in [-0.25, -0.2) is 4.98 Å². The van der Waals surface area contributed by atoms with Crippen molar-refractivity contribution in [2.75, 3.05) is 0 Å². The molecule has 3 heteroatoms. The minimum Gasteiger partial charge on any atom is -0.454 e. The van der Waals surface area contributed by atoms with Crippen molar-refractivity contribution in [3.05, 3.63) is 64.8 Å². The van der Waals surface area contributed by atoms with Gasteiger partial charge in [-0.15, -0.1) is 0 Å². The van der Waals surface area contributed by atoms with Gasteiger partial charge in [0.2, 0.25) is 0 Å². The third-order valence-corrected chi connectivity index (χ3v) is 4.31. The average Bonchev–Trinajstić information content (AvgIpc) is 2.88. The van der Waals surface area contributed by atoms with Gasteiger partial charge < -0.3 is 4.42 Å². The first-order valence-electron chi connectivity index (χ1n) is 7.19. The number of nitrogens with zero attached hydrogens (tertiary/aromatic N) is 1. The Kier molecular flexibility index (Phi) is 2.95. The van der Waals surface area contributed by atoms with Crippen LogP contribution in [0.4, 0.5) is 0 Å². The van der Waals surface area contributed by atoms with Gasteiger partial charge in [0.25, 0.3) is 0 Å². The lowest BCUT2D eigenvalue weighted by molar-refractivity contribution is 0.665. The number of hydrogen-bond acceptors (Lipinski definition) is 2. The summed E-state index contributed by atoms with van der Waals surface area (Å²) >= 11 is 5.99. The van der Waals surface area contributed by atoms with Crippen LogP contribution < -0.4 is 0 Å². The molecule has 0 aliphatic carbocycles. The highest BCUT2D eigenvalue weighted by Crippen LogP contribution is 2.36. The van der Waals surface area contributed by atoms with Crippen LogP contribution in [-0.2, 0) is 0 Å². The highest BCUT2D eigenvalue weighted by atomic mass is 35.5. The highest BCUT2D eigenvalue weighted by Gasteiger charge is 2.16. The average molecular weight is 308 g/mol. The Bertz CT molecular complexity index is 999. The van der Waals surface area contributed by atoms with Crippen LogP contribution in [-0.4, -0.2) is 4.98 Å². The summed E-state index contributed by atoms with van der Waals surface area (Å²) < 4.78 is 6.04. The summed E-state index contributed by atoms with van der Waals surface area (Å²) in [4.78, 5) is 4.80. The van der Waals surface area contributed by atoms with Crippen LogP contribution in [0.25, 0.3) is 33.2 Å². The molecule has 22 heavy (non-hydrogen) atoms. The lowest BCUT2D eigenvalue weighted by atomic mass is 9.98. The van der Waals surface area contributed by atoms with E-state index in [0.717, 1.165) is 49.5 Å². The number of aromatic nitrogens is 1. The monoisotopic (exact) mass is 307 g/mol. The number of pyridine rings is 1. The summed E-state index contributed by atoms with van der Waals surface area (Å²) in [5.41, 5.74) is 7.00. The second kappa shape index (κ2) is 4.85. The number of rotatable bonds is 1. The summed E-state index contributed by atoms with van der Waals surface area (Å²) in [6, 6.07) is 15.9. The van der Waals surface area contributed by atoms with Crippen LogP contribution in [0.2, 0.25) is 5.02 Å². The second-order valence-electron chi connectivity index (χ2n) is 5.48. The topological polar surface area (TPSA) is 26.0 Å². The van der Waals surface area contributed by atoms with Gasteiger partial charge in [0.1, 0.15) is 11.1 Å². The summed E-state index contributed by atoms with van der Waals surface area (Å²) in [6.07, 6.45) is 0. The number of halogens is 1. The molecule has 0 saturated carbocycles. The standard InChI is InChI=1S/C19H14ClNO/c1-11-17(13-7-9-14(20)10-8-13)12(2)21-18-15-5-3-4-6-16(15)22-19(11)18/h3-10H,1-2H3. The third kappa shape index (κ3) is 1.92. The van der Waals surface area contributed by atoms with E-state index in [-0.39, 0.29) is 0 Å². The molecule has 108 valence electrons. The van der Waals surface area contributed by atoms with Crippen molar-refractivity contribution in [2.45, 2.75) is 13.8 Å². The molecule has 0 aliphatic rings. The number of para-hydroxylation sites is 1. The smallest absolute Gasteiger partial charge is 0.157 e. The zero-order chi connectivity index (χ0) is 15.3. The number of hydrogen-bond donors (Lipinski definition) is 0. The van der Waals surface area contributed by atoms with Gasteiger partial charge in [0, 0.05) is 27.2 Å². The van der Waals surface area contributed by atoms with E-state index in [9.17, 15) is 0 Å². The van der Waals surface area contributed by atoms with Gasteiger partial charge in [-0.2, -0.15) is 0 Å². The highest BCUT2D eigenvalue weighted by molar-refractivity contribution is 6.30. The van der Waals surface area contributed by atoms with Crippen LogP contribution in [0.3, 0.4) is 0 Å². The minimum absolute atomic E-state index is 0.733. The fourth-order valence-corrected chi connectivity index (χ4v) is 3.17. The fraction of sp³-hybridized carbons (Fsp3) is 0.105. The molecular weight excluding hydrogens is 294 g/mol. The summed E-state index contributed by atoms with van der Waals surface area (Å²) in [5.74, 6) is 0. The minimum atomic E-state index is 0.733. The van der Waals surface area contributed by atoms with Crippen LogP contribution in [0, 0.1) is 13.8 Å². The van der Waals surface area contributed by atoms with Crippen molar-refractivity contribution in [1.82, 2.24) is 4.98 Å². The van der Waals surface area contributed by atoms with Gasteiger partial charge in [0.05, 0.1) is 0 Å². The van der Waals surface area contributed by atoms with Gasteiger partial charge in [-0.05, 0) is 43.7 Å². The van der Waals surface area contributed by atoms with Crippen LogP contribution in [0.5, 0.6) is 0 Å². The lowest BCUT2D eigenvalue weighted by Gasteiger charge is -2.10. The first-order chi connectivity index (χ1) is 10.6. The quantitative estimate of drug-likeness (QED) is 0.436. The maximum atomic E-state index is 6.04. The molecule has 0 saturated heterocycles. The normalized spacial score (nSPS) is 11.4. The zero-order valence-corrected chi connectivity index (χ0v) is 13.1. The van der Waals surface area contributed by atoms with E-state index in [0.29, 0.717) is 0 Å². The molecule has 0 bridgehead atoms. The number of benzene rings is 2. The molecule has 2 aromatic heterocycles. The van der Waals surface area contributed by atoms with Gasteiger partial charge in [-0.1, -0.05) is 35.9 Å². The predicted octanol–water partition coefficient (Wildman–Crippen LogP) is 5.92. The number of aryl methyl sites for hydroxylation is 2. The van der Waals surface area contributed by atoms with Crippen LogP contribution >= 0.6 is 11.6 Å². The van der Waals surface area contributed by atoms with E-state index in [2.05, 4.69) is 13.0 Å². The van der Waals surface area contributed by atoms with E-state index < -0.39 is 0 Å². The molecule has 0 unspecified atom stereocenters. The lowest BCUT2D eigenvalue weighted by Crippen LogP contribution is -1.93. The Morgan fingerprint density at radius 3 is 2.45 bits per heavy atom. The Hall–Kier alpha value is -2.32. The van der Waals surface area contributed by atoms with E-state index in [4.69, 9.17) is 21.0 Å². The fourth-order valence-electron chi connectivity index (χ4n) is 3.05. The SMILES string of the molecule is Cc1nc2c(oc3ccccc32)c(C)c1-c1ccc(Cl)cc1. The Labute approximate surface area is 133 Å². The maximum absolute atomic E-state index is 6.04. The Balaban J connectivity index is 2.08. The second-order valence-corrected chi connectivity index (χ2v) is 5.92. The van der Waals surface area contributed by atoms with E-state index in [1.165, 1.54) is 0 Å². The van der Waals surface area contributed by atoms with Gasteiger partial charge >= 0.3 is 0 Å². The number of furan rings is 1. The van der Waals surface area contributed by atoms with Crippen molar-refractivity contribution < 1.29 is 4.42 Å². The molecule has 2 aromatic carbocycles. The van der Waals surface area contributed by atoms with Gasteiger partial charge in [-0.3, -0.25) is 0 Å². The third-order valence-electron chi connectivity index (χ3n) is 4.06. The molecule has 0 N–H and O–H groups in total. The van der Waals surface area contributed by atoms with Crippen molar-refractivity contribution in [1.29, 1.82) is 0 Å². The molecule has 2 heterocycles. The van der Waals surface area contributed by atoms with E-state index >= 15 is 0 Å². The van der Waals surface area contributed by atoms with Crippen molar-refractivity contribution in [2.24, 2.45) is 0 Å². The predicted molar refractivity (Wildman–Crippen MR) is 91.4 cm³/mol. The number of fused-ring (bicyclic) bond motifs is 3. The molecular formula is C19H14ClNO. The largest absolute Gasteiger partial charge is 0.454 e. The molecule has 2 nitrogen and oxygen atoms in total. The van der Waals surface area contributed by atoms with Crippen molar-refractivity contribution >= 4 is 33.7 Å². The van der Waals surface area contributed by atoms with E-state index in [1.807, 2.05) is 49.4 Å². The first kappa shape index (κ1) is 13.4. The Morgan fingerprint density at radius 2 is 1.68 bits per heavy atom. The molecule has 4 aromatic rings. The van der Waals surface area contributed by atoms with Crippen molar-refractivity contribution in [3.8, 4) is 11.1 Å². The van der Waals surface area contributed by atoms with Gasteiger partial charge in [0.15, 0.2) is 5.58 Å². The molecule has 0 radical (unpaired) electrons. The zero-order valence-electron chi connectivity index (χ0n) is 12.4. The maximum Gasteiger partial charge on any atom is 0.157 e. The molecule has 0 atom stereocenters. The van der Waals surface area contributed by atoms with E-state index in [1.54, 1.807) is 0 Å². The molecule has 0 aliphatic heterocycles. The molecule has 0 fully saturated rings. The first-order valence-corrected chi connectivity index (χ1v) is 7.57.